The Labute approximate surface area is 114 Å². The minimum absolute atomic E-state index is 0.274. The molecule has 1 atom stereocenters. The summed E-state index contributed by atoms with van der Waals surface area (Å²) in [5, 5.41) is 3.39. The van der Waals surface area contributed by atoms with Gasteiger partial charge in [0.05, 0.1) is 12.2 Å². The number of carbonyl (C=O) groups excluding carboxylic acids is 1. The highest BCUT2D eigenvalue weighted by molar-refractivity contribution is 5.91. The SMILES string of the molecule is CCOC(=O)c1ccc(OCC2CCCN2)cc1C. The van der Waals surface area contributed by atoms with E-state index in [2.05, 4.69) is 5.32 Å². The van der Waals surface area contributed by atoms with E-state index in [0.29, 0.717) is 24.8 Å². The second-order valence-corrected chi connectivity index (χ2v) is 4.80. The summed E-state index contributed by atoms with van der Waals surface area (Å²) in [5.74, 6) is 0.531. The van der Waals surface area contributed by atoms with Crippen molar-refractivity contribution in [3.05, 3.63) is 29.3 Å². The summed E-state index contributed by atoms with van der Waals surface area (Å²) < 4.78 is 10.8. The van der Waals surface area contributed by atoms with Crippen LogP contribution in [0.15, 0.2) is 18.2 Å². The molecule has 1 heterocycles. The largest absolute Gasteiger partial charge is 0.492 e. The third-order valence-corrected chi connectivity index (χ3v) is 3.31. The lowest BCUT2D eigenvalue weighted by Crippen LogP contribution is -2.28. The van der Waals surface area contributed by atoms with Gasteiger partial charge in [0, 0.05) is 6.04 Å². The zero-order valence-electron chi connectivity index (χ0n) is 11.6. The van der Waals surface area contributed by atoms with E-state index in [9.17, 15) is 4.79 Å². The Hall–Kier alpha value is -1.55. The van der Waals surface area contributed by atoms with Crippen molar-refractivity contribution in [3.8, 4) is 5.75 Å². The molecule has 0 aliphatic carbocycles. The van der Waals surface area contributed by atoms with Gasteiger partial charge in [-0.25, -0.2) is 4.79 Å². The lowest BCUT2D eigenvalue weighted by molar-refractivity contribution is 0.0525. The first-order chi connectivity index (χ1) is 9.20. The van der Waals surface area contributed by atoms with E-state index in [-0.39, 0.29) is 5.97 Å². The van der Waals surface area contributed by atoms with Crippen molar-refractivity contribution in [3.63, 3.8) is 0 Å². The summed E-state index contributed by atoms with van der Waals surface area (Å²) in [5.41, 5.74) is 1.49. The molecule has 0 bridgehead atoms. The maximum Gasteiger partial charge on any atom is 0.338 e. The molecule has 19 heavy (non-hydrogen) atoms. The fraction of sp³-hybridized carbons (Fsp3) is 0.533. The molecule has 0 saturated carbocycles. The summed E-state index contributed by atoms with van der Waals surface area (Å²) in [4.78, 5) is 11.7. The minimum Gasteiger partial charge on any atom is -0.492 e. The second-order valence-electron chi connectivity index (χ2n) is 4.80. The van der Waals surface area contributed by atoms with Crippen LogP contribution in [0.5, 0.6) is 5.75 Å². The van der Waals surface area contributed by atoms with Gasteiger partial charge in [-0.15, -0.1) is 0 Å². The highest BCUT2D eigenvalue weighted by Gasteiger charge is 2.15. The number of nitrogens with one attached hydrogen (secondary N) is 1. The van der Waals surface area contributed by atoms with Crippen molar-refractivity contribution >= 4 is 5.97 Å². The lowest BCUT2D eigenvalue weighted by Gasteiger charge is -2.13. The molecular formula is C15H21NO3. The fourth-order valence-corrected chi connectivity index (χ4v) is 2.26. The average molecular weight is 263 g/mol. The molecule has 1 unspecified atom stereocenters. The van der Waals surface area contributed by atoms with Crippen LogP contribution in [0.2, 0.25) is 0 Å². The van der Waals surface area contributed by atoms with Gasteiger partial charge in [-0.05, 0) is 57.0 Å². The monoisotopic (exact) mass is 263 g/mol. The highest BCUT2D eigenvalue weighted by Crippen LogP contribution is 2.19. The Bertz CT molecular complexity index is 439. The molecular weight excluding hydrogens is 242 g/mol. The average Bonchev–Trinajstić information content (AvgIpc) is 2.89. The molecule has 1 N–H and O–H groups in total. The van der Waals surface area contributed by atoms with E-state index in [0.717, 1.165) is 17.9 Å². The number of ether oxygens (including phenoxy) is 2. The van der Waals surface area contributed by atoms with E-state index in [1.165, 1.54) is 12.8 Å². The molecule has 104 valence electrons. The number of esters is 1. The van der Waals surface area contributed by atoms with Gasteiger partial charge in [0.15, 0.2) is 0 Å². The van der Waals surface area contributed by atoms with Crippen LogP contribution >= 0.6 is 0 Å². The summed E-state index contributed by atoms with van der Waals surface area (Å²) in [6.07, 6.45) is 2.38. The van der Waals surface area contributed by atoms with Crippen molar-refractivity contribution in [1.29, 1.82) is 0 Å². The predicted molar refractivity (Wildman–Crippen MR) is 73.7 cm³/mol. The number of carbonyl (C=O) groups is 1. The molecule has 4 heteroatoms. The Morgan fingerprint density at radius 1 is 1.47 bits per heavy atom. The van der Waals surface area contributed by atoms with Gasteiger partial charge >= 0.3 is 5.97 Å². The molecule has 1 aliphatic rings. The molecule has 1 saturated heterocycles. The molecule has 1 fully saturated rings. The van der Waals surface area contributed by atoms with E-state index in [4.69, 9.17) is 9.47 Å². The van der Waals surface area contributed by atoms with E-state index >= 15 is 0 Å². The summed E-state index contributed by atoms with van der Waals surface area (Å²) in [6, 6.07) is 5.94. The Kier molecular flexibility index (Phi) is 4.80. The van der Waals surface area contributed by atoms with Crippen LogP contribution in [0.1, 0.15) is 35.7 Å². The Morgan fingerprint density at radius 3 is 2.95 bits per heavy atom. The highest BCUT2D eigenvalue weighted by atomic mass is 16.5. The first-order valence-electron chi connectivity index (χ1n) is 6.84. The molecule has 2 rings (SSSR count). The fourth-order valence-electron chi connectivity index (χ4n) is 2.26. The topological polar surface area (TPSA) is 47.6 Å². The Morgan fingerprint density at radius 2 is 2.32 bits per heavy atom. The molecule has 1 aromatic carbocycles. The quantitative estimate of drug-likeness (QED) is 0.828. The van der Waals surface area contributed by atoms with Gasteiger partial charge < -0.3 is 14.8 Å². The van der Waals surface area contributed by atoms with Crippen molar-refractivity contribution in [1.82, 2.24) is 5.32 Å². The Balaban J connectivity index is 1.95. The minimum atomic E-state index is -0.274. The van der Waals surface area contributed by atoms with Crippen molar-refractivity contribution in [2.45, 2.75) is 32.7 Å². The molecule has 1 aliphatic heterocycles. The van der Waals surface area contributed by atoms with Gasteiger partial charge in [0.1, 0.15) is 12.4 Å². The zero-order valence-corrected chi connectivity index (χ0v) is 11.6. The van der Waals surface area contributed by atoms with E-state index < -0.39 is 0 Å². The number of rotatable bonds is 5. The first-order valence-corrected chi connectivity index (χ1v) is 6.84. The van der Waals surface area contributed by atoms with Gasteiger partial charge in [-0.3, -0.25) is 0 Å². The third-order valence-electron chi connectivity index (χ3n) is 3.31. The van der Waals surface area contributed by atoms with Crippen LogP contribution < -0.4 is 10.1 Å². The number of aryl methyl sites for hydroxylation is 1. The van der Waals surface area contributed by atoms with E-state index in [1.807, 2.05) is 19.1 Å². The first kappa shape index (κ1) is 13.9. The van der Waals surface area contributed by atoms with Crippen LogP contribution in [0.4, 0.5) is 0 Å². The van der Waals surface area contributed by atoms with Crippen molar-refractivity contribution < 1.29 is 14.3 Å². The second kappa shape index (κ2) is 6.57. The molecule has 0 spiro atoms. The smallest absolute Gasteiger partial charge is 0.338 e. The van der Waals surface area contributed by atoms with Crippen molar-refractivity contribution in [2.24, 2.45) is 0 Å². The van der Waals surface area contributed by atoms with Crippen LogP contribution in [-0.2, 0) is 4.74 Å². The number of hydrogen-bond acceptors (Lipinski definition) is 4. The summed E-state index contributed by atoms with van der Waals surface area (Å²) in [7, 11) is 0. The lowest BCUT2D eigenvalue weighted by atomic mass is 10.1. The van der Waals surface area contributed by atoms with E-state index in [1.54, 1.807) is 13.0 Å². The third kappa shape index (κ3) is 3.70. The summed E-state index contributed by atoms with van der Waals surface area (Å²) in [6.45, 7) is 5.85. The summed E-state index contributed by atoms with van der Waals surface area (Å²) >= 11 is 0. The maximum atomic E-state index is 11.7. The van der Waals surface area contributed by atoms with Gasteiger partial charge in [-0.2, -0.15) is 0 Å². The zero-order chi connectivity index (χ0) is 13.7. The molecule has 0 aromatic heterocycles. The molecule has 1 aromatic rings. The van der Waals surface area contributed by atoms with Crippen LogP contribution in [-0.4, -0.2) is 31.8 Å². The van der Waals surface area contributed by atoms with Gasteiger partial charge in [0.2, 0.25) is 0 Å². The van der Waals surface area contributed by atoms with Crippen molar-refractivity contribution in [2.75, 3.05) is 19.8 Å². The molecule has 4 nitrogen and oxygen atoms in total. The number of benzene rings is 1. The standard InChI is InChI=1S/C15H21NO3/c1-3-18-15(17)14-7-6-13(9-11(14)2)19-10-12-5-4-8-16-12/h6-7,9,12,16H,3-5,8,10H2,1-2H3. The molecule has 0 radical (unpaired) electrons. The van der Waals surface area contributed by atoms with Gasteiger partial charge in [0.25, 0.3) is 0 Å². The number of hydrogen-bond donors (Lipinski definition) is 1. The normalized spacial score (nSPS) is 18.3. The predicted octanol–water partition coefficient (Wildman–Crippen LogP) is 2.30. The van der Waals surface area contributed by atoms with Gasteiger partial charge in [-0.1, -0.05) is 0 Å². The van der Waals surface area contributed by atoms with Crippen LogP contribution in [0.3, 0.4) is 0 Å². The maximum absolute atomic E-state index is 11.7. The van der Waals surface area contributed by atoms with Crippen LogP contribution in [0.25, 0.3) is 0 Å². The molecule has 0 amide bonds. The van der Waals surface area contributed by atoms with Crippen LogP contribution in [0, 0.1) is 6.92 Å².